The second-order valence-corrected chi connectivity index (χ2v) is 4.90. The van der Waals surface area contributed by atoms with Gasteiger partial charge in [0.05, 0.1) is 19.8 Å². The molecule has 0 saturated heterocycles. The van der Waals surface area contributed by atoms with Crippen LogP contribution in [-0.4, -0.2) is 47.3 Å². The standard InChI is InChI=1S/C14H20ClN3O2/c1-11-3-4-12-14(16-11)18(13(17-12)5-6-15)7-8-20-10-9-19-2/h3-4H,5-10H2,1-2H3. The minimum Gasteiger partial charge on any atom is -0.382 e. The Morgan fingerprint density at radius 3 is 2.80 bits per heavy atom. The predicted molar refractivity (Wildman–Crippen MR) is 79.4 cm³/mol. The molecule has 0 amide bonds. The van der Waals surface area contributed by atoms with Gasteiger partial charge in [-0.15, -0.1) is 11.6 Å². The average Bonchev–Trinajstić information content (AvgIpc) is 2.76. The number of hydrogen-bond acceptors (Lipinski definition) is 4. The number of fused-ring (bicyclic) bond motifs is 1. The molecule has 0 spiro atoms. The fourth-order valence-corrected chi connectivity index (χ4v) is 2.22. The highest BCUT2D eigenvalue weighted by atomic mass is 35.5. The Balaban J connectivity index is 2.15. The monoisotopic (exact) mass is 297 g/mol. The maximum Gasteiger partial charge on any atom is 0.160 e. The quantitative estimate of drug-likeness (QED) is 0.553. The van der Waals surface area contributed by atoms with Crippen LogP contribution in [0.15, 0.2) is 12.1 Å². The van der Waals surface area contributed by atoms with Crippen molar-refractivity contribution < 1.29 is 9.47 Å². The second-order valence-electron chi connectivity index (χ2n) is 4.52. The third-order valence-corrected chi connectivity index (χ3v) is 3.21. The van der Waals surface area contributed by atoms with E-state index in [0.29, 0.717) is 25.7 Å². The summed E-state index contributed by atoms with van der Waals surface area (Å²) in [6.07, 6.45) is 0.731. The molecule has 5 nitrogen and oxygen atoms in total. The normalized spacial score (nSPS) is 11.3. The molecule has 0 aromatic carbocycles. The zero-order chi connectivity index (χ0) is 14.4. The fraction of sp³-hybridized carbons (Fsp3) is 0.571. The summed E-state index contributed by atoms with van der Waals surface area (Å²) in [5.74, 6) is 1.51. The molecule has 0 fully saturated rings. The van der Waals surface area contributed by atoms with Crippen molar-refractivity contribution in [3.8, 4) is 0 Å². The summed E-state index contributed by atoms with van der Waals surface area (Å²) in [6, 6.07) is 3.97. The summed E-state index contributed by atoms with van der Waals surface area (Å²) in [5, 5.41) is 0. The van der Waals surface area contributed by atoms with Crippen molar-refractivity contribution in [2.45, 2.75) is 19.9 Å². The van der Waals surface area contributed by atoms with Crippen LogP contribution in [0.2, 0.25) is 0 Å². The molecule has 20 heavy (non-hydrogen) atoms. The Morgan fingerprint density at radius 1 is 1.20 bits per heavy atom. The highest BCUT2D eigenvalue weighted by molar-refractivity contribution is 6.17. The van der Waals surface area contributed by atoms with E-state index in [1.165, 1.54) is 0 Å². The van der Waals surface area contributed by atoms with E-state index < -0.39 is 0 Å². The summed E-state index contributed by atoms with van der Waals surface area (Å²) in [6.45, 7) is 4.52. The van der Waals surface area contributed by atoms with Crippen LogP contribution >= 0.6 is 11.6 Å². The number of aromatic nitrogens is 3. The first kappa shape index (κ1) is 15.2. The number of imidazole rings is 1. The smallest absolute Gasteiger partial charge is 0.160 e. The highest BCUT2D eigenvalue weighted by Gasteiger charge is 2.11. The number of alkyl halides is 1. The van der Waals surface area contributed by atoms with Crippen LogP contribution in [0.1, 0.15) is 11.5 Å². The molecule has 110 valence electrons. The number of rotatable bonds is 8. The molecule has 0 saturated carbocycles. The maximum atomic E-state index is 5.85. The van der Waals surface area contributed by atoms with E-state index >= 15 is 0 Å². The van der Waals surface area contributed by atoms with E-state index in [0.717, 1.165) is 35.6 Å². The van der Waals surface area contributed by atoms with Gasteiger partial charge in [0.25, 0.3) is 0 Å². The van der Waals surface area contributed by atoms with Crippen molar-refractivity contribution in [1.82, 2.24) is 14.5 Å². The minimum absolute atomic E-state index is 0.548. The molecule has 0 atom stereocenters. The van der Waals surface area contributed by atoms with Crippen molar-refractivity contribution in [3.05, 3.63) is 23.7 Å². The van der Waals surface area contributed by atoms with Gasteiger partial charge in [0, 0.05) is 31.6 Å². The fourth-order valence-electron chi connectivity index (χ4n) is 2.05. The highest BCUT2D eigenvalue weighted by Crippen LogP contribution is 2.15. The van der Waals surface area contributed by atoms with Gasteiger partial charge >= 0.3 is 0 Å². The number of halogens is 1. The molecule has 2 heterocycles. The third-order valence-electron chi connectivity index (χ3n) is 3.02. The molecular formula is C14H20ClN3O2. The van der Waals surface area contributed by atoms with E-state index in [1.54, 1.807) is 7.11 Å². The zero-order valence-corrected chi connectivity index (χ0v) is 12.7. The summed E-state index contributed by atoms with van der Waals surface area (Å²) >= 11 is 5.85. The molecule has 2 rings (SSSR count). The van der Waals surface area contributed by atoms with Crippen LogP contribution in [0.5, 0.6) is 0 Å². The van der Waals surface area contributed by atoms with Crippen molar-refractivity contribution in [1.29, 1.82) is 0 Å². The molecule has 0 bridgehead atoms. The lowest BCUT2D eigenvalue weighted by atomic mass is 10.3. The number of nitrogens with zero attached hydrogens (tertiary/aromatic N) is 3. The summed E-state index contributed by atoms with van der Waals surface area (Å²) in [4.78, 5) is 9.17. The van der Waals surface area contributed by atoms with E-state index in [1.807, 2.05) is 19.1 Å². The number of pyridine rings is 1. The first-order valence-corrected chi connectivity index (χ1v) is 7.25. The molecule has 0 N–H and O–H groups in total. The predicted octanol–water partition coefficient (Wildman–Crippen LogP) is 2.18. The second kappa shape index (κ2) is 7.57. The SMILES string of the molecule is COCCOCCn1c(CCCl)nc2ccc(C)nc21. The maximum absolute atomic E-state index is 5.85. The summed E-state index contributed by atoms with van der Waals surface area (Å²) in [7, 11) is 1.66. The molecule has 0 aliphatic rings. The minimum atomic E-state index is 0.548. The summed E-state index contributed by atoms with van der Waals surface area (Å²) in [5.41, 5.74) is 2.80. The lowest BCUT2D eigenvalue weighted by Gasteiger charge is -2.08. The van der Waals surface area contributed by atoms with Crippen molar-refractivity contribution in [2.24, 2.45) is 0 Å². The van der Waals surface area contributed by atoms with Crippen molar-refractivity contribution in [2.75, 3.05) is 32.8 Å². The molecule has 0 aliphatic heterocycles. The Kier molecular flexibility index (Phi) is 5.76. The molecule has 6 heteroatoms. The Labute approximate surface area is 123 Å². The van der Waals surface area contributed by atoms with Crippen LogP contribution in [0, 0.1) is 6.92 Å². The Morgan fingerprint density at radius 2 is 2.05 bits per heavy atom. The van der Waals surface area contributed by atoms with Gasteiger partial charge in [-0.3, -0.25) is 0 Å². The largest absolute Gasteiger partial charge is 0.382 e. The van der Waals surface area contributed by atoms with Gasteiger partial charge in [0.2, 0.25) is 0 Å². The summed E-state index contributed by atoms with van der Waals surface area (Å²) < 4.78 is 12.6. The van der Waals surface area contributed by atoms with Gasteiger partial charge in [-0.1, -0.05) is 0 Å². The van der Waals surface area contributed by atoms with Crippen LogP contribution in [0.4, 0.5) is 0 Å². The molecule has 2 aromatic heterocycles. The average molecular weight is 298 g/mol. The van der Waals surface area contributed by atoms with Crippen LogP contribution in [0.3, 0.4) is 0 Å². The van der Waals surface area contributed by atoms with Gasteiger partial charge in [-0.25, -0.2) is 9.97 Å². The number of hydrogen-bond donors (Lipinski definition) is 0. The Bertz CT molecular complexity index is 557. The topological polar surface area (TPSA) is 49.2 Å². The molecular weight excluding hydrogens is 278 g/mol. The van der Waals surface area contributed by atoms with Crippen LogP contribution in [-0.2, 0) is 22.4 Å². The van der Waals surface area contributed by atoms with Crippen LogP contribution < -0.4 is 0 Å². The first-order valence-electron chi connectivity index (χ1n) is 6.71. The third kappa shape index (κ3) is 3.69. The van der Waals surface area contributed by atoms with E-state index in [-0.39, 0.29) is 0 Å². The van der Waals surface area contributed by atoms with Crippen molar-refractivity contribution >= 4 is 22.8 Å². The lowest BCUT2D eigenvalue weighted by Crippen LogP contribution is -2.12. The van der Waals surface area contributed by atoms with Gasteiger partial charge < -0.3 is 14.0 Å². The Hall–Kier alpha value is -1.17. The lowest BCUT2D eigenvalue weighted by molar-refractivity contribution is 0.0667. The molecule has 0 radical (unpaired) electrons. The van der Waals surface area contributed by atoms with E-state index in [9.17, 15) is 0 Å². The van der Waals surface area contributed by atoms with Gasteiger partial charge in [-0.05, 0) is 19.1 Å². The van der Waals surface area contributed by atoms with Gasteiger partial charge in [-0.2, -0.15) is 0 Å². The first-order chi connectivity index (χ1) is 9.76. The van der Waals surface area contributed by atoms with Crippen molar-refractivity contribution in [3.63, 3.8) is 0 Å². The molecule has 0 aliphatic carbocycles. The number of methoxy groups -OCH3 is 1. The van der Waals surface area contributed by atoms with E-state index in [2.05, 4.69) is 14.5 Å². The molecule has 0 unspecified atom stereocenters. The number of ether oxygens (including phenoxy) is 2. The van der Waals surface area contributed by atoms with Gasteiger partial charge in [0.15, 0.2) is 5.65 Å². The number of aryl methyl sites for hydroxylation is 2. The van der Waals surface area contributed by atoms with Crippen LogP contribution in [0.25, 0.3) is 11.2 Å². The van der Waals surface area contributed by atoms with E-state index in [4.69, 9.17) is 21.1 Å². The molecule has 2 aromatic rings. The zero-order valence-electron chi connectivity index (χ0n) is 11.9. The van der Waals surface area contributed by atoms with Gasteiger partial charge in [0.1, 0.15) is 11.3 Å².